The van der Waals surface area contributed by atoms with E-state index in [1.807, 2.05) is 42.5 Å². The van der Waals surface area contributed by atoms with Gasteiger partial charge in [-0.2, -0.15) is 0 Å². The van der Waals surface area contributed by atoms with E-state index in [1.54, 1.807) is 6.08 Å². The van der Waals surface area contributed by atoms with Gasteiger partial charge in [0.05, 0.1) is 0 Å². The van der Waals surface area contributed by atoms with Crippen molar-refractivity contribution in [2.24, 2.45) is 0 Å². The van der Waals surface area contributed by atoms with Crippen LogP contribution in [0.1, 0.15) is 90.4 Å². The molecule has 0 aliphatic heterocycles. The average molecular weight is 380 g/mol. The van der Waals surface area contributed by atoms with Gasteiger partial charge in [-0.1, -0.05) is 163 Å². The van der Waals surface area contributed by atoms with Crippen molar-refractivity contribution in [2.75, 3.05) is 0 Å². The summed E-state index contributed by atoms with van der Waals surface area (Å²) in [5.74, 6) is 0. The van der Waals surface area contributed by atoms with E-state index in [2.05, 4.69) is 31.2 Å². The molecule has 0 heteroatoms. The fraction of sp³-hybridized carbons (Fsp3) is 0.500. The molecule has 0 fully saturated rings. The summed E-state index contributed by atoms with van der Waals surface area (Å²) >= 11 is 0. The molecule has 0 aromatic carbocycles. The standard InChI is InChI=1S/C28H43/c1-3-5-7-9-11-13-15-17-19-21-23-25-27-28-26-24-22-20-18-16-14-12-10-8-6-4-2/h1,3,5,7,9,11,13,15,17,19,21,23,25,27H,4,6,8,10,12,14,16,18,20,22,24,26,28H2,2H3/b3-1?,7-5+,11-9+,15-13+,19-17+,23-21+,27-25+. The van der Waals surface area contributed by atoms with Gasteiger partial charge in [-0.05, 0) is 12.8 Å². The number of unbranched alkanes of at least 4 members (excludes halogenated alkanes) is 12. The van der Waals surface area contributed by atoms with E-state index < -0.39 is 0 Å². The number of rotatable bonds is 19. The third kappa shape index (κ3) is 24.2. The molecule has 0 spiro atoms. The topological polar surface area (TPSA) is 0 Å². The highest BCUT2D eigenvalue weighted by Gasteiger charge is 1.92. The molecule has 155 valence electrons. The Morgan fingerprint density at radius 2 is 0.786 bits per heavy atom. The summed E-state index contributed by atoms with van der Waals surface area (Å²) in [7, 11) is 0. The van der Waals surface area contributed by atoms with E-state index in [-0.39, 0.29) is 0 Å². The van der Waals surface area contributed by atoms with E-state index in [4.69, 9.17) is 6.58 Å². The molecule has 0 aliphatic carbocycles. The molecule has 0 aromatic rings. The Hall–Kier alpha value is -1.82. The minimum Gasteiger partial charge on any atom is -0.0845 e. The Balaban J connectivity index is 3.39. The molecule has 0 aromatic heterocycles. The highest BCUT2D eigenvalue weighted by atomic mass is 14.0. The molecule has 0 rings (SSSR count). The van der Waals surface area contributed by atoms with Gasteiger partial charge in [0.25, 0.3) is 0 Å². The summed E-state index contributed by atoms with van der Waals surface area (Å²) in [6.07, 6.45) is 44.0. The predicted octanol–water partition coefficient (Wildman–Crippen LogP) is 9.40. The van der Waals surface area contributed by atoms with Crippen molar-refractivity contribution in [3.8, 4) is 0 Å². The largest absolute Gasteiger partial charge is 0.0845 e. The van der Waals surface area contributed by atoms with Crippen molar-refractivity contribution >= 4 is 0 Å². The molecule has 0 heterocycles. The van der Waals surface area contributed by atoms with Crippen LogP contribution in [0.2, 0.25) is 0 Å². The summed E-state index contributed by atoms with van der Waals surface area (Å²) in [6.45, 7) is 7.52. The molecular formula is C28H43. The predicted molar refractivity (Wildman–Crippen MR) is 129 cm³/mol. The summed E-state index contributed by atoms with van der Waals surface area (Å²) in [5, 5.41) is 0. The average Bonchev–Trinajstić information content (AvgIpc) is 2.71. The molecule has 0 nitrogen and oxygen atoms in total. The molecule has 0 saturated carbocycles. The van der Waals surface area contributed by atoms with Gasteiger partial charge in [0.2, 0.25) is 0 Å². The normalized spacial score (nSPS) is 12.9. The first kappa shape index (κ1) is 26.2. The maximum atomic E-state index is 5.24. The summed E-state index contributed by atoms with van der Waals surface area (Å²) < 4.78 is 0. The van der Waals surface area contributed by atoms with Gasteiger partial charge in [-0.3, -0.25) is 0 Å². The Bertz CT molecular complexity index is 482. The number of allylic oxidation sites excluding steroid dienone is 13. The second-order valence-corrected chi connectivity index (χ2v) is 7.22. The van der Waals surface area contributed by atoms with Crippen LogP contribution in [0.5, 0.6) is 0 Å². The first-order valence-corrected chi connectivity index (χ1v) is 11.4. The van der Waals surface area contributed by atoms with Gasteiger partial charge in [0.1, 0.15) is 0 Å². The van der Waals surface area contributed by atoms with Gasteiger partial charge in [-0.15, -0.1) is 0 Å². The molecule has 0 atom stereocenters. The molecule has 0 aliphatic rings. The zero-order valence-electron chi connectivity index (χ0n) is 18.3. The van der Waals surface area contributed by atoms with E-state index in [1.165, 1.54) is 89.5 Å². The van der Waals surface area contributed by atoms with Crippen LogP contribution in [0.4, 0.5) is 0 Å². The zero-order valence-corrected chi connectivity index (χ0v) is 18.3. The van der Waals surface area contributed by atoms with Crippen LogP contribution in [-0.2, 0) is 0 Å². The maximum absolute atomic E-state index is 5.24. The molecule has 0 bridgehead atoms. The first-order valence-electron chi connectivity index (χ1n) is 11.4. The fourth-order valence-electron chi connectivity index (χ4n) is 2.92. The highest BCUT2D eigenvalue weighted by molar-refractivity contribution is 5.20. The molecule has 28 heavy (non-hydrogen) atoms. The van der Waals surface area contributed by atoms with Crippen molar-refractivity contribution in [1.82, 2.24) is 0 Å². The van der Waals surface area contributed by atoms with Crippen LogP contribution in [0.3, 0.4) is 0 Å². The Labute approximate surface area is 176 Å². The van der Waals surface area contributed by atoms with Crippen LogP contribution in [0.15, 0.2) is 79.0 Å². The first-order chi connectivity index (χ1) is 13.9. The quantitative estimate of drug-likeness (QED) is 0.155. The van der Waals surface area contributed by atoms with E-state index >= 15 is 0 Å². The highest BCUT2D eigenvalue weighted by Crippen LogP contribution is 2.12. The van der Waals surface area contributed by atoms with Crippen LogP contribution in [-0.4, -0.2) is 0 Å². The van der Waals surface area contributed by atoms with Gasteiger partial charge in [0, 0.05) is 0 Å². The third-order valence-electron chi connectivity index (χ3n) is 4.58. The Morgan fingerprint density at radius 1 is 0.429 bits per heavy atom. The Kier molecular flexibility index (Phi) is 23.5. The molecule has 1 radical (unpaired) electrons. The lowest BCUT2D eigenvalue weighted by Gasteiger charge is -2.02. The van der Waals surface area contributed by atoms with E-state index in [0.717, 1.165) is 0 Å². The van der Waals surface area contributed by atoms with Crippen LogP contribution >= 0.6 is 0 Å². The van der Waals surface area contributed by atoms with Crippen molar-refractivity contribution in [2.45, 2.75) is 90.4 Å². The lowest BCUT2D eigenvalue weighted by atomic mass is 10.0. The van der Waals surface area contributed by atoms with Crippen molar-refractivity contribution in [3.05, 3.63) is 85.6 Å². The molecule has 0 saturated heterocycles. The molecule has 0 unspecified atom stereocenters. The summed E-state index contributed by atoms with van der Waals surface area (Å²) in [5.41, 5.74) is 0. The lowest BCUT2D eigenvalue weighted by molar-refractivity contribution is 0.545. The monoisotopic (exact) mass is 379 g/mol. The third-order valence-corrected chi connectivity index (χ3v) is 4.58. The summed E-state index contributed by atoms with van der Waals surface area (Å²) in [4.78, 5) is 0. The smallest absolute Gasteiger partial charge is 0.0348 e. The van der Waals surface area contributed by atoms with Gasteiger partial charge < -0.3 is 0 Å². The van der Waals surface area contributed by atoms with E-state index in [9.17, 15) is 0 Å². The van der Waals surface area contributed by atoms with E-state index in [0.29, 0.717) is 0 Å². The summed E-state index contributed by atoms with van der Waals surface area (Å²) in [6, 6.07) is 0. The van der Waals surface area contributed by atoms with Gasteiger partial charge in [-0.25, -0.2) is 0 Å². The maximum Gasteiger partial charge on any atom is -0.0348 e. The van der Waals surface area contributed by atoms with Gasteiger partial charge >= 0.3 is 0 Å². The number of hydrogen-bond donors (Lipinski definition) is 0. The second-order valence-electron chi connectivity index (χ2n) is 7.22. The fourth-order valence-corrected chi connectivity index (χ4v) is 2.92. The van der Waals surface area contributed by atoms with Crippen molar-refractivity contribution in [3.63, 3.8) is 0 Å². The number of hydrogen-bond acceptors (Lipinski definition) is 0. The zero-order chi connectivity index (χ0) is 20.4. The minimum atomic E-state index is 1.20. The van der Waals surface area contributed by atoms with Crippen LogP contribution in [0.25, 0.3) is 0 Å². The Morgan fingerprint density at radius 3 is 1.21 bits per heavy atom. The van der Waals surface area contributed by atoms with Crippen molar-refractivity contribution < 1.29 is 0 Å². The van der Waals surface area contributed by atoms with Gasteiger partial charge in [0.15, 0.2) is 0 Å². The minimum absolute atomic E-state index is 1.20. The molecule has 0 amide bonds. The lowest BCUT2D eigenvalue weighted by Crippen LogP contribution is -1.82. The molecule has 0 N–H and O–H groups in total. The SMILES string of the molecule is [CH]=C/C=C/C=C/C=C/C=C/C=C/C=C/CCCCCCCCCCCCCC. The van der Waals surface area contributed by atoms with Crippen LogP contribution in [0, 0.1) is 6.58 Å². The molecular weight excluding hydrogens is 336 g/mol. The second kappa shape index (κ2) is 25.2. The van der Waals surface area contributed by atoms with Crippen LogP contribution < -0.4 is 0 Å². The van der Waals surface area contributed by atoms with Crippen molar-refractivity contribution in [1.29, 1.82) is 0 Å².